The van der Waals surface area contributed by atoms with Gasteiger partial charge in [0.15, 0.2) is 0 Å². The molecule has 5 aromatic carbocycles. The number of hydrogen-bond donors (Lipinski definition) is 0. The summed E-state index contributed by atoms with van der Waals surface area (Å²) in [6.07, 6.45) is 3.68. The molecule has 0 saturated carbocycles. The van der Waals surface area contributed by atoms with Crippen molar-refractivity contribution in [2.45, 2.75) is 13.8 Å². The second-order valence-corrected chi connectivity index (χ2v) is 10.5. The molecule has 44 heavy (non-hydrogen) atoms. The van der Waals surface area contributed by atoms with E-state index < -0.39 is 0 Å². The third-order valence-corrected chi connectivity index (χ3v) is 7.63. The molecule has 0 aliphatic rings. The maximum absolute atomic E-state index is 13.5. The molecule has 3 aromatic heterocycles. The van der Waals surface area contributed by atoms with E-state index in [0.717, 1.165) is 71.4 Å². The zero-order valence-corrected chi connectivity index (χ0v) is 26.4. The zero-order valence-electron chi connectivity index (χ0n) is 24.1. The number of rotatable bonds is 2. The Morgan fingerprint density at radius 2 is 1.07 bits per heavy atom. The molecule has 8 rings (SSSR count). The van der Waals surface area contributed by atoms with E-state index in [2.05, 4.69) is 93.8 Å². The van der Waals surface area contributed by atoms with Crippen LogP contribution in [0.1, 0.15) is 11.3 Å². The second-order valence-electron chi connectivity index (χ2n) is 10.5. The van der Waals surface area contributed by atoms with E-state index in [1.165, 1.54) is 0 Å². The van der Waals surface area contributed by atoms with E-state index in [4.69, 9.17) is 0 Å². The third-order valence-electron chi connectivity index (χ3n) is 7.63. The number of aromatic nitrogens is 3. The van der Waals surface area contributed by atoms with Crippen LogP contribution < -0.4 is 0 Å². The van der Waals surface area contributed by atoms with Crippen LogP contribution in [-0.4, -0.2) is 15.0 Å². The van der Waals surface area contributed by atoms with Gasteiger partial charge in [0, 0.05) is 34.9 Å². The number of halogens is 1. The molecule has 3 heterocycles. The SMILES string of the molecule is Cc1ccc2ccc3cc(F)c(C)[c-]c3c2n1.[Pt+2].[c-]1c(-c2cccc3cccnc23)cccc1-c1cccc2cccnc12. The van der Waals surface area contributed by atoms with Crippen LogP contribution in [0.3, 0.4) is 0 Å². The molecule has 5 heteroatoms. The smallest absolute Gasteiger partial charge is 0.301 e. The minimum Gasteiger partial charge on any atom is -0.301 e. The number of nitrogens with zero attached hydrogens (tertiary/aromatic N) is 3. The van der Waals surface area contributed by atoms with E-state index in [9.17, 15) is 4.39 Å². The van der Waals surface area contributed by atoms with Crippen LogP contribution in [0.2, 0.25) is 0 Å². The Balaban J connectivity index is 0.000000166. The standard InChI is InChI=1S/C24H15N2.C15H11FN.Pt/c1-8-19(21-12-2-6-17-10-4-14-25-23(17)21)16-20(9-1)22-13-3-7-18-11-5-15-26-24(18)22;1-9-7-13-12(8-14(9)16)6-5-11-4-3-10(2)17-15(11)13;/h1-15H;3-6,8H,1-2H3;/q2*-1;+2. The Bertz CT molecular complexity index is 2190. The maximum atomic E-state index is 13.5. The Labute approximate surface area is 269 Å². The fourth-order valence-electron chi connectivity index (χ4n) is 5.47. The van der Waals surface area contributed by atoms with Crippen LogP contribution in [0.5, 0.6) is 0 Å². The van der Waals surface area contributed by atoms with Gasteiger partial charge in [0.1, 0.15) is 0 Å². The summed E-state index contributed by atoms with van der Waals surface area (Å²) in [5.74, 6) is -0.218. The topological polar surface area (TPSA) is 38.7 Å². The molecule has 0 radical (unpaired) electrons. The first kappa shape index (κ1) is 29.3. The van der Waals surface area contributed by atoms with Gasteiger partial charge >= 0.3 is 21.1 Å². The molecule has 8 aromatic rings. The van der Waals surface area contributed by atoms with Crippen LogP contribution in [0, 0.1) is 31.8 Å². The van der Waals surface area contributed by atoms with Gasteiger partial charge in [-0.2, -0.15) is 0 Å². The van der Waals surface area contributed by atoms with Gasteiger partial charge in [-0.25, -0.2) is 0 Å². The van der Waals surface area contributed by atoms with Gasteiger partial charge in [0.25, 0.3) is 0 Å². The fraction of sp³-hybridized carbons (Fsp3) is 0.0513. The van der Waals surface area contributed by atoms with Crippen molar-refractivity contribution in [3.05, 3.63) is 151 Å². The fourth-order valence-corrected chi connectivity index (χ4v) is 5.47. The van der Waals surface area contributed by atoms with E-state index >= 15 is 0 Å². The summed E-state index contributed by atoms with van der Waals surface area (Å²) in [6.45, 7) is 3.68. The van der Waals surface area contributed by atoms with Crippen LogP contribution >= 0.6 is 0 Å². The predicted molar refractivity (Wildman–Crippen MR) is 174 cm³/mol. The zero-order chi connectivity index (χ0) is 29.3. The van der Waals surface area contributed by atoms with Gasteiger partial charge in [0.2, 0.25) is 0 Å². The Morgan fingerprint density at radius 3 is 1.70 bits per heavy atom. The maximum Gasteiger partial charge on any atom is 2.00 e. The van der Waals surface area contributed by atoms with Crippen LogP contribution in [0.25, 0.3) is 65.7 Å². The minimum absolute atomic E-state index is 0. The van der Waals surface area contributed by atoms with Crippen molar-refractivity contribution >= 4 is 43.5 Å². The average Bonchev–Trinajstić information content (AvgIpc) is 3.05. The Hall–Kier alpha value is -4.79. The van der Waals surface area contributed by atoms with E-state index in [0.29, 0.717) is 5.56 Å². The molecule has 0 spiro atoms. The van der Waals surface area contributed by atoms with Crippen molar-refractivity contribution in [3.8, 4) is 22.3 Å². The van der Waals surface area contributed by atoms with E-state index in [1.54, 1.807) is 13.0 Å². The number of hydrogen-bond acceptors (Lipinski definition) is 3. The van der Waals surface area contributed by atoms with Gasteiger partial charge in [-0.05, 0) is 46.8 Å². The van der Waals surface area contributed by atoms with Crippen LogP contribution in [0.4, 0.5) is 4.39 Å². The predicted octanol–water partition coefficient (Wildman–Crippen LogP) is 9.86. The second kappa shape index (κ2) is 12.4. The van der Waals surface area contributed by atoms with Gasteiger partial charge < -0.3 is 4.98 Å². The molecule has 214 valence electrons. The molecule has 3 nitrogen and oxygen atoms in total. The van der Waals surface area contributed by atoms with Crippen molar-refractivity contribution in [1.82, 2.24) is 15.0 Å². The molecular formula is C39H26FN3Pt. The summed E-state index contributed by atoms with van der Waals surface area (Å²) in [5.41, 5.74) is 8.66. The molecule has 0 amide bonds. The van der Waals surface area contributed by atoms with Crippen molar-refractivity contribution in [2.75, 3.05) is 0 Å². The first-order valence-corrected chi connectivity index (χ1v) is 14.1. The normalized spacial score (nSPS) is 10.9. The molecule has 0 fully saturated rings. The van der Waals surface area contributed by atoms with Gasteiger partial charge in [-0.15, -0.1) is 58.3 Å². The Morgan fingerprint density at radius 1 is 0.545 bits per heavy atom. The van der Waals surface area contributed by atoms with Crippen molar-refractivity contribution in [3.63, 3.8) is 0 Å². The molecule has 0 aliphatic heterocycles. The average molecular weight is 751 g/mol. The summed E-state index contributed by atoms with van der Waals surface area (Å²) in [7, 11) is 0. The molecule has 0 bridgehead atoms. The first-order chi connectivity index (χ1) is 21.0. The monoisotopic (exact) mass is 750 g/mol. The third kappa shape index (κ3) is 5.61. The summed E-state index contributed by atoms with van der Waals surface area (Å²) in [4.78, 5) is 13.7. The van der Waals surface area contributed by atoms with Crippen molar-refractivity contribution < 1.29 is 25.5 Å². The number of para-hydroxylation sites is 2. The molecule has 0 aliphatic carbocycles. The first-order valence-electron chi connectivity index (χ1n) is 14.1. The van der Waals surface area contributed by atoms with E-state index in [1.807, 2.05) is 55.7 Å². The number of aryl methyl sites for hydroxylation is 2. The minimum atomic E-state index is -0.218. The summed E-state index contributed by atoms with van der Waals surface area (Å²) >= 11 is 0. The largest absolute Gasteiger partial charge is 2.00 e. The number of fused-ring (bicyclic) bond motifs is 5. The van der Waals surface area contributed by atoms with Crippen LogP contribution in [-0.2, 0) is 21.1 Å². The molecule has 0 unspecified atom stereocenters. The summed E-state index contributed by atoms with van der Waals surface area (Å²) in [5, 5.41) is 5.07. The molecular weight excluding hydrogens is 725 g/mol. The Kier molecular flexibility index (Phi) is 8.28. The molecule has 0 saturated heterocycles. The van der Waals surface area contributed by atoms with Crippen molar-refractivity contribution in [1.29, 1.82) is 0 Å². The number of benzene rings is 5. The molecule has 0 N–H and O–H groups in total. The summed E-state index contributed by atoms with van der Waals surface area (Å²) in [6, 6.07) is 43.0. The van der Waals surface area contributed by atoms with Gasteiger partial charge in [-0.3, -0.25) is 14.4 Å². The van der Waals surface area contributed by atoms with Crippen LogP contribution in [0.15, 0.2) is 122 Å². The quantitative estimate of drug-likeness (QED) is 0.131. The van der Waals surface area contributed by atoms with Gasteiger partial charge in [0.05, 0.1) is 0 Å². The summed E-state index contributed by atoms with van der Waals surface area (Å²) < 4.78 is 13.5. The van der Waals surface area contributed by atoms with Crippen molar-refractivity contribution in [2.24, 2.45) is 0 Å². The van der Waals surface area contributed by atoms with E-state index in [-0.39, 0.29) is 26.9 Å². The van der Waals surface area contributed by atoms with Gasteiger partial charge in [-0.1, -0.05) is 90.3 Å². The number of pyridine rings is 3. The molecule has 0 atom stereocenters.